The van der Waals surface area contributed by atoms with E-state index in [4.69, 9.17) is 0 Å². The maximum absolute atomic E-state index is 2.80. The lowest BCUT2D eigenvalue weighted by molar-refractivity contribution is 0.330. The van der Waals surface area contributed by atoms with Crippen LogP contribution < -0.4 is 36.0 Å². The molecular formula is C73H75BN4. The minimum atomic E-state index is -0.119. The Morgan fingerprint density at radius 1 is 0.385 bits per heavy atom. The number of nitrogens with zero attached hydrogens (tertiary/aromatic N) is 4. The van der Waals surface area contributed by atoms with Gasteiger partial charge in [0.15, 0.2) is 0 Å². The quantitative estimate of drug-likeness (QED) is 0.163. The number of hydrogen-bond donors (Lipinski definition) is 0. The smallest absolute Gasteiger partial charge is 0.252 e. The van der Waals surface area contributed by atoms with Crippen LogP contribution in [0.1, 0.15) is 155 Å². The fourth-order valence-corrected chi connectivity index (χ4v) is 17.0. The predicted octanol–water partition coefficient (Wildman–Crippen LogP) is 17.4. The third-order valence-corrected chi connectivity index (χ3v) is 21.8. The van der Waals surface area contributed by atoms with Gasteiger partial charge in [-0.1, -0.05) is 173 Å². The zero-order chi connectivity index (χ0) is 53.8. The maximum atomic E-state index is 2.80. The molecule has 3 aliphatic carbocycles. The van der Waals surface area contributed by atoms with Gasteiger partial charge in [-0.2, -0.15) is 0 Å². The second kappa shape index (κ2) is 15.6. The van der Waals surface area contributed by atoms with Crippen molar-refractivity contribution >= 4 is 80.0 Å². The molecule has 8 aromatic carbocycles. The Morgan fingerprint density at radius 3 is 1.51 bits per heavy atom. The highest BCUT2D eigenvalue weighted by atomic mass is 15.3. The van der Waals surface area contributed by atoms with Gasteiger partial charge in [-0.15, -0.1) is 0 Å². The number of fused-ring (bicyclic) bond motifs is 14. The summed E-state index contributed by atoms with van der Waals surface area (Å²) in [7, 11) is 0. The van der Waals surface area contributed by atoms with Crippen molar-refractivity contribution in [1.29, 1.82) is 0 Å². The minimum Gasteiger partial charge on any atom is -0.334 e. The van der Waals surface area contributed by atoms with Crippen LogP contribution in [-0.2, 0) is 27.1 Å². The minimum absolute atomic E-state index is 0.0110. The number of hydrogen-bond acceptors (Lipinski definition) is 4. The molecule has 0 saturated heterocycles. The van der Waals surface area contributed by atoms with E-state index < -0.39 is 0 Å². The molecule has 0 N–H and O–H groups in total. The van der Waals surface area contributed by atoms with Gasteiger partial charge in [0, 0.05) is 73.0 Å². The molecule has 4 heterocycles. The van der Waals surface area contributed by atoms with Crippen molar-refractivity contribution in [2.75, 3.05) is 19.6 Å². The molecule has 0 aromatic heterocycles. The molecule has 390 valence electrons. The van der Waals surface area contributed by atoms with Crippen LogP contribution >= 0.6 is 0 Å². The van der Waals surface area contributed by atoms with Crippen molar-refractivity contribution in [1.82, 2.24) is 0 Å². The van der Waals surface area contributed by atoms with E-state index >= 15 is 0 Å². The Kier molecular flexibility index (Phi) is 9.66. The predicted molar refractivity (Wildman–Crippen MR) is 332 cm³/mol. The van der Waals surface area contributed by atoms with E-state index in [9.17, 15) is 0 Å². The molecule has 4 unspecified atom stereocenters. The fraction of sp³-hybridized carbons (Fsp3) is 0.342. The molecular weight excluding hydrogens is 944 g/mol. The van der Waals surface area contributed by atoms with Gasteiger partial charge in [0.05, 0.1) is 16.8 Å². The van der Waals surface area contributed by atoms with E-state index in [2.05, 4.69) is 266 Å². The Labute approximate surface area is 465 Å². The van der Waals surface area contributed by atoms with Gasteiger partial charge < -0.3 is 19.6 Å². The van der Waals surface area contributed by atoms with Crippen LogP contribution in [0, 0.1) is 0 Å². The summed E-state index contributed by atoms with van der Waals surface area (Å²) < 4.78 is 0. The monoisotopic (exact) mass is 1020 g/mol. The Morgan fingerprint density at radius 2 is 0.885 bits per heavy atom. The Hall–Kier alpha value is -6.98. The molecule has 0 spiro atoms. The van der Waals surface area contributed by atoms with Gasteiger partial charge in [0.2, 0.25) is 0 Å². The number of benzene rings is 8. The van der Waals surface area contributed by atoms with E-state index in [1.165, 1.54) is 143 Å². The molecule has 15 rings (SSSR count). The van der Waals surface area contributed by atoms with E-state index in [0.717, 1.165) is 12.8 Å². The average molecular weight is 1020 g/mol. The number of anilines is 10. The highest BCUT2D eigenvalue weighted by Gasteiger charge is 2.61. The summed E-state index contributed by atoms with van der Waals surface area (Å²) in [6.07, 6.45) is 7.11. The Bertz CT molecular complexity index is 3870. The zero-order valence-electron chi connectivity index (χ0n) is 48.2. The highest BCUT2D eigenvalue weighted by molar-refractivity contribution is 7.00. The van der Waals surface area contributed by atoms with E-state index in [-0.39, 0.29) is 44.9 Å². The van der Waals surface area contributed by atoms with Crippen molar-refractivity contribution in [2.24, 2.45) is 0 Å². The summed E-state index contributed by atoms with van der Waals surface area (Å²) in [6, 6.07) is 65.4. The first-order valence-corrected chi connectivity index (χ1v) is 29.4. The lowest BCUT2D eigenvalue weighted by atomic mass is 9.33. The molecule has 7 aliphatic rings. The molecule has 0 amide bonds. The molecule has 4 atom stereocenters. The van der Waals surface area contributed by atoms with E-state index in [1.54, 1.807) is 0 Å². The summed E-state index contributed by atoms with van der Waals surface area (Å²) in [4.78, 5) is 11.0. The molecule has 2 saturated carbocycles. The first kappa shape index (κ1) is 48.2. The van der Waals surface area contributed by atoms with Gasteiger partial charge in [-0.25, -0.2) is 0 Å². The van der Waals surface area contributed by atoms with Crippen LogP contribution in [0.25, 0.3) is 11.1 Å². The molecule has 78 heavy (non-hydrogen) atoms. The van der Waals surface area contributed by atoms with Gasteiger partial charge in [0.25, 0.3) is 6.71 Å². The first-order chi connectivity index (χ1) is 37.2. The standard InChI is InChI=1S/C73H75BN4/c1-67(2,3)46-27-31-49(32-28-46)75-62-36-33-50(77-60-25-17-15-23-55(60)70(9)37-19-39-72(70,77)11)43-58(62)74-57-42-47(68(4,5)6)29-35-63(57)76(59-34-30-48-41-53(59)52-21-13-14-22-54(52)69(48,7)8)65-45-51(44-64(75)66(65)74)78-61-26-18-16-24-56(61)71(10)38-20-40-73(71,78)12/h13-18,21-36,41-45H,19-20,37-40H2,1-12H3. The number of para-hydroxylation sites is 2. The van der Waals surface area contributed by atoms with Crippen molar-refractivity contribution < 1.29 is 0 Å². The third kappa shape index (κ3) is 6.09. The van der Waals surface area contributed by atoms with Crippen molar-refractivity contribution in [3.8, 4) is 11.1 Å². The lowest BCUT2D eigenvalue weighted by Crippen LogP contribution is -2.62. The van der Waals surface area contributed by atoms with E-state index in [1.807, 2.05) is 0 Å². The molecule has 4 nitrogen and oxygen atoms in total. The average Bonchev–Trinajstić information content (AvgIpc) is 4.18. The molecule has 8 aromatic rings. The molecule has 2 bridgehead atoms. The van der Waals surface area contributed by atoms with Crippen LogP contribution in [0.4, 0.5) is 56.9 Å². The highest BCUT2D eigenvalue weighted by Crippen LogP contribution is 2.65. The van der Waals surface area contributed by atoms with Gasteiger partial charge in [0.1, 0.15) is 0 Å². The van der Waals surface area contributed by atoms with Gasteiger partial charge >= 0.3 is 0 Å². The molecule has 4 aliphatic heterocycles. The van der Waals surface area contributed by atoms with Gasteiger partial charge in [-0.05, 0) is 178 Å². The maximum Gasteiger partial charge on any atom is 0.252 e. The third-order valence-electron chi connectivity index (χ3n) is 21.8. The second-order valence-corrected chi connectivity index (χ2v) is 28.1. The van der Waals surface area contributed by atoms with Crippen LogP contribution in [-0.4, -0.2) is 17.8 Å². The van der Waals surface area contributed by atoms with Crippen molar-refractivity contribution in [2.45, 2.75) is 160 Å². The summed E-state index contributed by atoms with van der Waals surface area (Å²) in [5, 5.41) is 0. The first-order valence-electron chi connectivity index (χ1n) is 29.4. The van der Waals surface area contributed by atoms with Crippen LogP contribution in [0.15, 0.2) is 164 Å². The summed E-state index contributed by atoms with van der Waals surface area (Å²) in [6.45, 7) is 29.1. The SMILES string of the molecule is CC(C)(C)c1ccc(N2c3ccc(N4c5ccccc5C5(C)CCCC45C)cc3B3c4cc(C(C)(C)C)ccc4N(c4ccc5cc4-c4ccccc4C5(C)C)c4cc(N5c6ccccc6C6(C)CCCC56C)cc2c43)cc1. The summed E-state index contributed by atoms with van der Waals surface area (Å²) in [5.41, 5.74) is 27.5. The summed E-state index contributed by atoms with van der Waals surface area (Å²) >= 11 is 0. The summed E-state index contributed by atoms with van der Waals surface area (Å²) in [5.74, 6) is 0. The Balaban J connectivity index is 1.07. The van der Waals surface area contributed by atoms with E-state index in [0.29, 0.717) is 0 Å². The second-order valence-electron chi connectivity index (χ2n) is 28.1. The zero-order valence-corrected chi connectivity index (χ0v) is 48.2. The lowest BCUT2D eigenvalue weighted by Gasteiger charge is -2.48. The van der Waals surface area contributed by atoms with Crippen molar-refractivity contribution in [3.63, 3.8) is 0 Å². The van der Waals surface area contributed by atoms with Crippen molar-refractivity contribution in [3.05, 3.63) is 197 Å². The molecule has 2 fully saturated rings. The molecule has 5 heteroatoms. The van der Waals surface area contributed by atoms with Gasteiger partial charge in [-0.3, -0.25) is 0 Å². The van der Waals surface area contributed by atoms with Crippen LogP contribution in [0.2, 0.25) is 0 Å². The van der Waals surface area contributed by atoms with Crippen LogP contribution in [0.5, 0.6) is 0 Å². The fourth-order valence-electron chi connectivity index (χ4n) is 17.0. The van der Waals surface area contributed by atoms with Crippen LogP contribution in [0.3, 0.4) is 0 Å². The topological polar surface area (TPSA) is 13.0 Å². The largest absolute Gasteiger partial charge is 0.334 e. The number of rotatable bonds is 4. The normalized spacial score (nSPS) is 24.5. The molecule has 0 radical (unpaired) electrons.